The fraction of sp³-hybridized carbons (Fsp3) is 0.200. The largest absolute Gasteiger partial charge is 0.497 e. The van der Waals surface area contributed by atoms with Crippen LogP contribution in [0.3, 0.4) is 0 Å². The third kappa shape index (κ3) is 3.32. The molecular formula is C15H13ClN2O2S. The predicted octanol–water partition coefficient (Wildman–Crippen LogP) is 4.07. The summed E-state index contributed by atoms with van der Waals surface area (Å²) in [5, 5.41) is 3.31. The number of benzene rings is 1. The van der Waals surface area contributed by atoms with Crippen molar-refractivity contribution in [3.63, 3.8) is 0 Å². The van der Waals surface area contributed by atoms with Crippen LogP contribution < -0.4 is 4.74 Å². The molecule has 4 nitrogen and oxygen atoms in total. The zero-order valence-electron chi connectivity index (χ0n) is 11.4. The molecule has 0 saturated heterocycles. The van der Waals surface area contributed by atoms with Crippen molar-refractivity contribution in [2.24, 2.45) is 0 Å². The van der Waals surface area contributed by atoms with E-state index in [-0.39, 0.29) is 0 Å². The van der Waals surface area contributed by atoms with E-state index in [9.17, 15) is 0 Å². The Hall–Kier alpha value is -1.69. The number of hydrogen-bond donors (Lipinski definition) is 0. The lowest BCUT2D eigenvalue weighted by atomic mass is 10.2. The summed E-state index contributed by atoms with van der Waals surface area (Å²) in [5.41, 5.74) is 1.04. The first-order chi connectivity index (χ1) is 10.3. The Bertz CT molecular complexity index is 760. The van der Waals surface area contributed by atoms with E-state index in [2.05, 4.69) is 9.97 Å². The monoisotopic (exact) mass is 320 g/mol. The molecule has 0 spiro atoms. The van der Waals surface area contributed by atoms with Crippen molar-refractivity contribution >= 4 is 33.2 Å². The van der Waals surface area contributed by atoms with Crippen molar-refractivity contribution in [2.45, 2.75) is 13.2 Å². The van der Waals surface area contributed by atoms with Crippen LogP contribution in [0.4, 0.5) is 0 Å². The number of methoxy groups -OCH3 is 1. The third-order valence-electron chi connectivity index (χ3n) is 2.96. The van der Waals surface area contributed by atoms with E-state index in [0.717, 1.165) is 21.5 Å². The number of fused-ring (bicyclic) bond motifs is 1. The summed E-state index contributed by atoms with van der Waals surface area (Å²) in [6.45, 7) is 0.797. The van der Waals surface area contributed by atoms with Gasteiger partial charge in [0.25, 0.3) is 0 Å². The molecule has 0 aliphatic heterocycles. The number of rotatable bonds is 5. The van der Waals surface area contributed by atoms with Gasteiger partial charge in [0.2, 0.25) is 0 Å². The molecule has 21 heavy (non-hydrogen) atoms. The minimum Gasteiger partial charge on any atom is -0.497 e. The van der Waals surface area contributed by atoms with Crippen molar-refractivity contribution < 1.29 is 9.47 Å². The van der Waals surface area contributed by atoms with Crippen molar-refractivity contribution in [3.8, 4) is 5.75 Å². The molecule has 2 aromatic heterocycles. The van der Waals surface area contributed by atoms with E-state index in [1.165, 1.54) is 0 Å². The molecular weight excluding hydrogens is 308 g/mol. The first kappa shape index (κ1) is 14.3. The number of ether oxygens (including phenoxy) is 2. The average Bonchev–Trinajstić information content (AvgIpc) is 2.96. The SMILES string of the molecule is COc1cccc(COCc2nc(Cl)c3ccsc3n2)c1. The van der Waals surface area contributed by atoms with Crippen LogP contribution in [-0.4, -0.2) is 17.1 Å². The Balaban J connectivity index is 1.66. The zero-order chi connectivity index (χ0) is 14.7. The predicted molar refractivity (Wildman–Crippen MR) is 83.9 cm³/mol. The van der Waals surface area contributed by atoms with E-state index in [1.54, 1.807) is 18.4 Å². The highest BCUT2D eigenvalue weighted by Crippen LogP contribution is 2.25. The van der Waals surface area contributed by atoms with Crippen LogP contribution in [-0.2, 0) is 18.0 Å². The van der Waals surface area contributed by atoms with Gasteiger partial charge in [-0.3, -0.25) is 0 Å². The molecule has 3 aromatic rings. The second-order valence-corrected chi connectivity index (χ2v) is 5.67. The van der Waals surface area contributed by atoms with Gasteiger partial charge in [0, 0.05) is 5.39 Å². The lowest BCUT2D eigenvalue weighted by Gasteiger charge is -2.06. The standard InChI is InChI=1S/C15H13ClN2O2S/c1-19-11-4-2-3-10(7-11)8-20-9-13-17-14(16)12-5-6-21-15(12)18-13/h2-7H,8-9H2,1H3. The first-order valence-electron chi connectivity index (χ1n) is 6.36. The molecule has 1 aromatic carbocycles. The molecule has 0 unspecified atom stereocenters. The molecule has 6 heteroatoms. The van der Waals surface area contributed by atoms with Crippen LogP contribution in [0.25, 0.3) is 10.2 Å². The maximum Gasteiger partial charge on any atom is 0.157 e. The Morgan fingerprint density at radius 1 is 1.19 bits per heavy atom. The number of nitrogens with zero attached hydrogens (tertiary/aromatic N) is 2. The van der Waals surface area contributed by atoms with Crippen molar-refractivity contribution in [1.29, 1.82) is 0 Å². The number of hydrogen-bond acceptors (Lipinski definition) is 5. The normalized spacial score (nSPS) is 11.0. The van der Waals surface area contributed by atoms with E-state index in [4.69, 9.17) is 21.1 Å². The molecule has 0 aliphatic rings. The van der Waals surface area contributed by atoms with Crippen LogP contribution in [0.1, 0.15) is 11.4 Å². The van der Waals surface area contributed by atoms with Crippen LogP contribution in [0.15, 0.2) is 35.7 Å². The number of halogens is 1. The zero-order valence-corrected chi connectivity index (χ0v) is 12.9. The van der Waals surface area contributed by atoms with Gasteiger partial charge in [-0.25, -0.2) is 9.97 Å². The van der Waals surface area contributed by atoms with Gasteiger partial charge in [0.05, 0.1) is 13.7 Å². The summed E-state index contributed by atoms with van der Waals surface area (Å²) in [6, 6.07) is 9.68. The summed E-state index contributed by atoms with van der Waals surface area (Å²) < 4.78 is 10.8. The summed E-state index contributed by atoms with van der Waals surface area (Å²) in [6.07, 6.45) is 0. The van der Waals surface area contributed by atoms with Gasteiger partial charge in [-0.15, -0.1) is 11.3 Å². The minimum absolute atomic E-state index is 0.324. The Labute approximate surface area is 131 Å². The van der Waals surface area contributed by atoms with Gasteiger partial charge in [0.1, 0.15) is 22.3 Å². The molecule has 0 bridgehead atoms. The Morgan fingerprint density at radius 2 is 2.10 bits per heavy atom. The molecule has 0 radical (unpaired) electrons. The lowest BCUT2D eigenvalue weighted by molar-refractivity contribution is 0.102. The minimum atomic E-state index is 0.324. The molecule has 0 atom stereocenters. The second-order valence-electron chi connectivity index (χ2n) is 4.41. The molecule has 0 amide bonds. The average molecular weight is 321 g/mol. The van der Waals surface area contributed by atoms with Gasteiger partial charge in [0.15, 0.2) is 5.82 Å². The maximum atomic E-state index is 6.12. The quantitative estimate of drug-likeness (QED) is 0.665. The van der Waals surface area contributed by atoms with Crippen molar-refractivity contribution in [2.75, 3.05) is 7.11 Å². The fourth-order valence-corrected chi connectivity index (χ4v) is 3.04. The molecule has 3 rings (SSSR count). The van der Waals surface area contributed by atoms with Gasteiger partial charge < -0.3 is 9.47 Å². The maximum absolute atomic E-state index is 6.12. The highest BCUT2D eigenvalue weighted by atomic mass is 35.5. The second kappa shape index (κ2) is 6.39. The Morgan fingerprint density at radius 3 is 2.95 bits per heavy atom. The van der Waals surface area contributed by atoms with Crippen molar-refractivity contribution in [3.05, 3.63) is 52.3 Å². The van der Waals surface area contributed by atoms with Gasteiger partial charge in [-0.2, -0.15) is 0 Å². The van der Waals surface area contributed by atoms with Gasteiger partial charge in [-0.05, 0) is 29.1 Å². The van der Waals surface area contributed by atoms with Crippen molar-refractivity contribution in [1.82, 2.24) is 9.97 Å². The third-order valence-corrected chi connectivity index (χ3v) is 4.05. The van der Waals surface area contributed by atoms with Crippen LogP contribution in [0.5, 0.6) is 5.75 Å². The highest BCUT2D eigenvalue weighted by Gasteiger charge is 2.07. The first-order valence-corrected chi connectivity index (χ1v) is 7.62. The van der Waals surface area contributed by atoms with Crippen LogP contribution in [0.2, 0.25) is 5.15 Å². The summed E-state index contributed by atoms with van der Waals surface area (Å²) in [5.74, 6) is 1.41. The summed E-state index contributed by atoms with van der Waals surface area (Å²) >= 11 is 7.67. The number of thiophene rings is 1. The molecule has 108 valence electrons. The summed E-state index contributed by atoms with van der Waals surface area (Å²) in [7, 11) is 1.64. The fourth-order valence-electron chi connectivity index (χ4n) is 1.95. The van der Waals surface area contributed by atoms with Crippen LogP contribution in [0, 0.1) is 0 Å². The van der Waals surface area contributed by atoms with E-state index < -0.39 is 0 Å². The molecule has 2 heterocycles. The van der Waals surface area contributed by atoms with E-state index in [0.29, 0.717) is 24.2 Å². The van der Waals surface area contributed by atoms with Crippen LogP contribution >= 0.6 is 22.9 Å². The van der Waals surface area contributed by atoms with Gasteiger partial charge >= 0.3 is 0 Å². The highest BCUT2D eigenvalue weighted by molar-refractivity contribution is 7.16. The van der Waals surface area contributed by atoms with E-state index in [1.807, 2.05) is 35.7 Å². The smallest absolute Gasteiger partial charge is 0.157 e. The molecule has 0 aliphatic carbocycles. The van der Waals surface area contributed by atoms with Gasteiger partial charge in [-0.1, -0.05) is 23.7 Å². The number of aromatic nitrogens is 2. The molecule has 0 saturated carbocycles. The molecule has 0 N–H and O–H groups in total. The lowest BCUT2D eigenvalue weighted by Crippen LogP contribution is -2.00. The summed E-state index contributed by atoms with van der Waals surface area (Å²) in [4.78, 5) is 9.57. The van der Waals surface area contributed by atoms with E-state index >= 15 is 0 Å². The molecule has 0 fully saturated rings. The Kier molecular flexibility index (Phi) is 4.34. The topological polar surface area (TPSA) is 44.2 Å².